The largest absolute Gasteiger partial charge is 0.344 e. The summed E-state index contributed by atoms with van der Waals surface area (Å²) in [6.45, 7) is 0. The molecule has 2 atom stereocenters. The van der Waals surface area contributed by atoms with Crippen LogP contribution < -0.4 is 4.90 Å². The molecule has 0 aliphatic carbocycles. The van der Waals surface area contributed by atoms with Crippen LogP contribution in [0.4, 0.5) is 5.69 Å². The number of hydrogen-bond donors (Lipinski definition) is 0. The quantitative estimate of drug-likeness (QED) is 0.172. The van der Waals surface area contributed by atoms with E-state index in [4.69, 9.17) is 0 Å². The lowest BCUT2D eigenvalue weighted by atomic mass is 9.96. The van der Waals surface area contributed by atoms with E-state index < -0.39 is 0 Å². The molecule has 0 saturated carbocycles. The van der Waals surface area contributed by atoms with Crippen LogP contribution in [-0.2, 0) is 0 Å². The molecule has 0 N–H and O–H groups in total. The maximum atomic E-state index is 4.31. The van der Waals surface area contributed by atoms with Crippen LogP contribution in [0, 0.1) is 23.7 Å². The van der Waals surface area contributed by atoms with Crippen molar-refractivity contribution in [2.45, 2.75) is 24.9 Å². The molecule has 1 aliphatic heterocycles. The molecule has 0 amide bonds. The summed E-state index contributed by atoms with van der Waals surface area (Å²) < 4.78 is 0. The Morgan fingerprint density at radius 1 is 0.392 bits per heavy atom. The predicted molar refractivity (Wildman–Crippen MR) is 212 cm³/mol. The van der Waals surface area contributed by atoms with Crippen LogP contribution in [0.2, 0.25) is 0 Å². The Kier molecular flexibility index (Phi) is 9.23. The molecule has 1 fully saturated rings. The normalized spacial score (nSPS) is 14.9. The summed E-state index contributed by atoms with van der Waals surface area (Å²) in [6, 6.07) is 59.7. The van der Waals surface area contributed by atoms with Crippen molar-refractivity contribution in [2.24, 2.45) is 0 Å². The van der Waals surface area contributed by atoms with Crippen molar-refractivity contribution in [3.8, 4) is 68.2 Å². The Hall–Kier alpha value is -6.61. The lowest BCUT2D eigenvalue weighted by Crippen LogP contribution is -2.34. The molecule has 1 saturated heterocycles. The molecule has 0 spiro atoms. The SMILES string of the molecule is C(#C[C@@H]1CC[C@@H](C#Cc2cc(-c3ccccc3)cc(-c3ccccc3)c2)N1c1ccncc1)c1cc(-c2ccccc2)cc(-c2ccccc2)c1. The molecule has 242 valence electrons. The second-order valence-corrected chi connectivity index (χ2v) is 12.8. The molecule has 2 heterocycles. The van der Waals surface area contributed by atoms with E-state index in [0.717, 1.165) is 51.9 Å². The minimum absolute atomic E-state index is 0.0165. The minimum atomic E-state index is 0.0165. The summed E-state index contributed by atoms with van der Waals surface area (Å²) in [5.74, 6) is 14.6. The van der Waals surface area contributed by atoms with Crippen LogP contribution in [0.15, 0.2) is 182 Å². The zero-order valence-corrected chi connectivity index (χ0v) is 28.3. The number of anilines is 1. The molecule has 2 heteroatoms. The third kappa shape index (κ3) is 7.38. The smallest absolute Gasteiger partial charge is 0.0921 e. The molecular formula is C49H36N2. The van der Waals surface area contributed by atoms with Crippen LogP contribution >= 0.6 is 0 Å². The molecular weight excluding hydrogens is 617 g/mol. The van der Waals surface area contributed by atoms with Crippen LogP contribution in [0.1, 0.15) is 24.0 Å². The van der Waals surface area contributed by atoms with Gasteiger partial charge in [-0.05, 0) is 106 Å². The average Bonchev–Trinajstić information content (AvgIpc) is 3.63. The first kappa shape index (κ1) is 31.6. The van der Waals surface area contributed by atoms with E-state index in [-0.39, 0.29) is 12.1 Å². The van der Waals surface area contributed by atoms with E-state index >= 15 is 0 Å². The number of benzene rings is 6. The first-order chi connectivity index (χ1) is 25.3. The molecule has 1 aliphatic rings. The van der Waals surface area contributed by atoms with Gasteiger partial charge in [-0.15, -0.1) is 0 Å². The second kappa shape index (κ2) is 14.9. The van der Waals surface area contributed by atoms with E-state index in [1.54, 1.807) is 0 Å². The predicted octanol–water partition coefficient (Wildman–Crippen LogP) is 11.2. The first-order valence-corrected chi connectivity index (χ1v) is 17.5. The lowest BCUT2D eigenvalue weighted by Gasteiger charge is -2.27. The molecule has 1 aromatic heterocycles. The fourth-order valence-electron chi connectivity index (χ4n) is 6.89. The molecule has 2 nitrogen and oxygen atoms in total. The Morgan fingerprint density at radius 3 is 1.06 bits per heavy atom. The fourth-order valence-corrected chi connectivity index (χ4v) is 6.89. The van der Waals surface area contributed by atoms with Crippen LogP contribution in [0.3, 0.4) is 0 Å². The van der Waals surface area contributed by atoms with Gasteiger partial charge < -0.3 is 4.90 Å². The number of pyridine rings is 1. The van der Waals surface area contributed by atoms with E-state index in [0.29, 0.717) is 0 Å². The Morgan fingerprint density at radius 2 is 0.725 bits per heavy atom. The van der Waals surface area contributed by atoms with Gasteiger partial charge in [0.25, 0.3) is 0 Å². The monoisotopic (exact) mass is 652 g/mol. The minimum Gasteiger partial charge on any atom is -0.344 e. The van der Waals surface area contributed by atoms with Crippen LogP contribution in [-0.4, -0.2) is 17.1 Å². The summed E-state index contributed by atoms with van der Waals surface area (Å²) in [7, 11) is 0. The van der Waals surface area contributed by atoms with Crippen molar-refractivity contribution in [2.75, 3.05) is 4.90 Å². The van der Waals surface area contributed by atoms with Crippen molar-refractivity contribution in [3.63, 3.8) is 0 Å². The van der Waals surface area contributed by atoms with Gasteiger partial charge in [0.05, 0.1) is 12.1 Å². The Balaban J connectivity index is 1.15. The zero-order chi connectivity index (χ0) is 34.2. The van der Waals surface area contributed by atoms with Crippen molar-refractivity contribution in [1.29, 1.82) is 0 Å². The standard InChI is InChI=1S/C49H36N2/c1-5-13-39(14-6-1)43-31-37(32-44(35-43)40-15-7-2-8-16-40)21-23-47-25-26-48(51(47)49-27-29-50-30-28-49)24-22-38-33-45(41-17-9-3-10-18-41)36-46(34-38)42-19-11-4-12-20-42/h1-20,27-36,47-48H,25-26H2/t47-,48-/m1/s1. The summed E-state index contributed by atoms with van der Waals surface area (Å²) in [5, 5.41) is 0. The number of nitrogens with zero attached hydrogens (tertiary/aromatic N) is 2. The van der Waals surface area contributed by atoms with Gasteiger partial charge in [-0.2, -0.15) is 0 Å². The first-order valence-electron chi connectivity index (χ1n) is 17.5. The Bertz CT molecular complexity index is 2100. The maximum Gasteiger partial charge on any atom is 0.0921 e. The van der Waals surface area contributed by atoms with Crippen LogP contribution in [0.5, 0.6) is 0 Å². The van der Waals surface area contributed by atoms with Gasteiger partial charge in [0.15, 0.2) is 0 Å². The highest BCUT2D eigenvalue weighted by Crippen LogP contribution is 2.32. The van der Waals surface area contributed by atoms with Gasteiger partial charge in [0.1, 0.15) is 0 Å². The Labute approximate surface area is 301 Å². The van der Waals surface area contributed by atoms with Crippen molar-refractivity contribution in [1.82, 2.24) is 4.98 Å². The third-order valence-corrected chi connectivity index (χ3v) is 9.41. The topological polar surface area (TPSA) is 16.1 Å². The molecule has 0 radical (unpaired) electrons. The van der Waals surface area contributed by atoms with Crippen molar-refractivity contribution in [3.05, 3.63) is 193 Å². The molecule has 51 heavy (non-hydrogen) atoms. The molecule has 6 aromatic carbocycles. The number of hydrogen-bond acceptors (Lipinski definition) is 2. The summed E-state index contributed by atoms with van der Waals surface area (Å²) >= 11 is 0. The zero-order valence-electron chi connectivity index (χ0n) is 28.3. The van der Waals surface area contributed by atoms with Crippen molar-refractivity contribution >= 4 is 5.69 Å². The highest BCUT2D eigenvalue weighted by atomic mass is 15.2. The summed E-state index contributed by atoms with van der Waals surface area (Å²) in [6.07, 6.45) is 5.57. The summed E-state index contributed by atoms with van der Waals surface area (Å²) in [4.78, 5) is 6.70. The van der Waals surface area contributed by atoms with E-state index in [1.165, 1.54) is 22.3 Å². The van der Waals surface area contributed by atoms with Gasteiger partial charge in [0, 0.05) is 29.2 Å². The van der Waals surface area contributed by atoms with E-state index in [9.17, 15) is 0 Å². The highest BCUT2D eigenvalue weighted by Gasteiger charge is 2.31. The third-order valence-electron chi connectivity index (χ3n) is 9.41. The van der Waals surface area contributed by atoms with Crippen LogP contribution in [0.25, 0.3) is 44.5 Å². The second-order valence-electron chi connectivity index (χ2n) is 12.8. The molecule has 8 rings (SSSR count). The van der Waals surface area contributed by atoms with Gasteiger partial charge in [-0.25, -0.2) is 0 Å². The molecule has 0 bridgehead atoms. The summed E-state index contributed by atoms with van der Waals surface area (Å²) in [5.41, 5.74) is 12.5. The molecule has 7 aromatic rings. The van der Waals surface area contributed by atoms with Gasteiger partial charge in [-0.3, -0.25) is 4.98 Å². The van der Waals surface area contributed by atoms with E-state index in [2.05, 4.69) is 203 Å². The molecule has 0 unspecified atom stereocenters. The maximum absolute atomic E-state index is 4.31. The average molecular weight is 653 g/mol. The van der Waals surface area contributed by atoms with Gasteiger partial charge in [0.2, 0.25) is 0 Å². The lowest BCUT2D eigenvalue weighted by molar-refractivity contribution is 0.803. The van der Waals surface area contributed by atoms with Crippen molar-refractivity contribution < 1.29 is 0 Å². The van der Waals surface area contributed by atoms with E-state index in [1.807, 2.05) is 12.4 Å². The fraction of sp³-hybridized carbons (Fsp3) is 0.0816. The number of aromatic nitrogens is 1. The number of rotatable bonds is 5. The van der Waals surface area contributed by atoms with Gasteiger partial charge >= 0.3 is 0 Å². The highest BCUT2D eigenvalue weighted by molar-refractivity contribution is 5.77. The van der Waals surface area contributed by atoms with Gasteiger partial charge in [-0.1, -0.05) is 145 Å².